The van der Waals surface area contributed by atoms with Crippen molar-refractivity contribution in [2.24, 2.45) is 0 Å². The smallest absolute Gasteiger partial charge is 0.164 e. The molecular formula is C49H29N3OS. The van der Waals surface area contributed by atoms with E-state index >= 15 is 0 Å². The number of rotatable bonds is 5. The summed E-state index contributed by atoms with van der Waals surface area (Å²) in [6.07, 6.45) is 0. The highest BCUT2D eigenvalue weighted by Gasteiger charge is 2.19. The molecule has 0 radical (unpaired) electrons. The van der Waals surface area contributed by atoms with Gasteiger partial charge >= 0.3 is 0 Å². The lowest BCUT2D eigenvalue weighted by molar-refractivity contribution is 0.669. The van der Waals surface area contributed by atoms with Crippen LogP contribution in [0.1, 0.15) is 6.85 Å². The third-order valence-corrected chi connectivity index (χ3v) is 11.3. The van der Waals surface area contributed by atoms with Gasteiger partial charge in [0.15, 0.2) is 17.5 Å². The number of fused-ring (bicyclic) bond motifs is 7. The van der Waals surface area contributed by atoms with E-state index in [1.54, 1.807) is 11.3 Å². The molecule has 0 aliphatic heterocycles. The van der Waals surface area contributed by atoms with Crippen molar-refractivity contribution in [2.75, 3.05) is 0 Å². The van der Waals surface area contributed by atoms with E-state index in [1.807, 2.05) is 66.7 Å². The Morgan fingerprint density at radius 1 is 0.407 bits per heavy atom. The van der Waals surface area contributed by atoms with Gasteiger partial charge in [-0.3, -0.25) is 0 Å². The molecule has 8 aromatic carbocycles. The van der Waals surface area contributed by atoms with Crippen LogP contribution in [-0.4, -0.2) is 15.0 Å². The van der Waals surface area contributed by atoms with Crippen molar-refractivity contribution in [1.29, 1.82) is 0 Å². The van der Waals surface area contributed by atoms with Gasteiger partial charge in [-0.15, -0.1) is 11.3 Å². The van der Waals surface area contributed by atoms with E-state index < -0.39 is 30.2 Å². The van der Waals surface area contributed by atoms with Crippen LogP contribution in [0.3, 0.4) is 0 Å². The van der Waals surface area contributed by atoms with E-state index in [4.69, 9.17) is 26.2 Å². The molecule has 0 spiro atoms. The van der Waals surface area contributed by atoms with Crippen molar-refractivity contribution >= 4 is 64.2 Å². The van der Waals surface area contributed by atoms with Gasteiger partial charge in [-0.05, 0) is 63.4 Å². The Hall–Kier alpha value is -6.95. The summed E-state index contributed by atoms with van der Waals surface area (Å²) in [5, 5.41) is 6.15. The van der Waals surface area contributed by atoms with Crippen LogP contribution in [0.25, 0.3) is 109 Å². The fourth-order valence-corrected chi connectivity index (χ4v) is 8.88. The molecule has 0 saturated heterocycles. The fourth-order valence-electron chi connectivity index (χ4n) is 7.51. The van der Waals surface area contributed by atoms with Crippen molar-refractivity contribution in [3.05, 3.63) is 176 Å². The summed E-state index contributed by atoms with van der Waals surface area (Å²) in [5.74, 6) is 0.546. The first-order chi connectivity index (χ1) is 28.8. The molecule has 0 aliphatic rings. The quantitative estimate of drug-likeness (QED) is 0.178. The molecule has 0 saturated carbocycles. The van der Waals surface area contributed by atoms with Gasteiger partial charge < -0.3 is 4.42 Å². The van der Waals surface area contributed by atoms with Crippen molar-refractivity contribution in [3.8, 4) is 56.4 Å². The van der Waals surface area contributed by atoms with Gasteiger partial charge in [-0.25, -0.2) is 15.0 Å². The van der Waals surface area contributed by atoms with Crippen LogP contribution in [0.15, 0.2) is 180 Å². The van der Waals surface area contributed by atoms with Crippen LogP contribution >= 0.6 is 11.3 Å². The lowest BCUT2D eigenvalue weighted by Gasteiger charge is -2.13. The first-order valence-electron chi connectivity index (χ1n) is 20.1. The lowest BCUT2D eigenvalue weighted by atomic mass is 9.95. The standard InChI is InChI=1S/C49H29N3OS/c1-3-13-30(14-4-1)36-20-11-22-40-41-23-12-21-37(46(41)54-45(36)40)34-27-32-17-7-8-18-35(32)42(28-34)49-51-47(31-15-5-2-6-16-31)50-48(52-49)33-25-26-39-38-19-9-10-24-43(38)53-44(39)29-33/h1-29H/i2D,5D,6D,15D,16D. The molecule has 54 heavy (non-hydrogen) atoms. The van der Waals surface area contributed by atoms with Crippen LogP contribution < -0.4 is 0 Å². The van der Waals surface area contributed by atoms with Crippen LogP contribution in [0, 0.1) is 0 Å². The molecule has 3 heterocycles. The number of hydrogen-bond donors (Lipinski definition) is 0. The zero-order chi connectivity index (χ0) is 39.9. The molecule has 0 aliphatic carbocycles. The zero-order valence-corrected chi connectivity index (χ0v) is 29.3. The number of thiophene rings is 1. The first kappa shape index (κ1) is 25.9. The Labute approximate surface area is 321 Å². The van der Waals surface area contributed by atoms with Gasteiger partial charge in [-0.2, -0.15) is 0 Å². The van der Waals surface area contributed by atoms with Gasteiger partial charge in [0.25, 0.3) is 0 Å². The SMILES string of the molecule is [2H]c1c([2H])c([2H])c(-c2nc(-c3ccc4c(c3)oc3ccccc34)nc(-c3cc(-c4cccc5c4sc4c(-c6ccccc6)cccc45)cc4ccccc34)n2)c([2H])c1[2H]. The molecule has 4 nitrogen and oxygen atoms in total. The van der Waals surface area contributed by atoms with Gasteiger partial charge in [0.05, 0.1) is 6.85 Å². The van der Waals surface area contributed by atoms with E-state index in [0.717, 1.165) is 43.0 Å². The van der Waals surface area contributed by atoms with E-state index in [2.05, 4.69) is 78.9 Å². The average Bonchev–Trinajstić information content (AvgIpc) is 3.86. The summed E-state index contributed by atoms with van der Waals surface area (Å²) < 4.78 is 51.6. The van der Waals surface area contributed by atoms with Gasteiger partial charge in [-0.1, -0.05) is 145 Å². The summed E-state index contributed by atoms with van der Waals surface area (Å²) >= 11 is 1.78. The van der Waals surface area contributed by atoms with E-state index in [-0.39, 0.29) is 17.2 Å². The highest BCUT2D eigenvalue weighted by molar-refractivity contribution is 7.26. The summed E-state index contributed by atoms with van der Waals surface area (Å²) in [6.45, 7) is 0. The summed E-state index contributed by atoms with van der Waals surface area (Å²) in [7, 11) is 0. The van der Waals surface area contributed by atoms with Crippen LogP contribution in [-0.2, 0) is 0 Å². The molecule has 0 fully saturated rings. The van der Waals surface area contributed by atoms with Crippen LogP contribution in [0.4, 0.5) is 0 Å². The Morgan fingerprint density at radius 3 is 1.83 bits per heavy atom. The van der Waals surface area contributed by atoms with Crippen molar-refractivity contribution < 1.29 is 11.3 Å². The summed E-state index contributed by atoms with van der Waals surface area (Å²) in [4.78, 5) is 14.9. The van der Waals surface area contributed by atoms with Crippen molar-refractivity contribution in [3.63, 3.8) is 0 Å². The molecule has 5 heteroatoms. The zero-order valence-electron chi connectivity index (χ0n) is 33.5. The molecular weight excluding hydrogens is 679 g/mol. The maximum Gasteiger partial charge on any atom is 0.164 e. The van der Waals surface area contributed by atoms with E-state index in [1.165, 1.54) is 26.6 Å². The fraction of sp³-hybridized carbons (Fsp3) is 0. The minimum Gasteiger partial charge on any atom is -0.456 e. The molecule has 0 amide bonds. The Morgan fingerprint density at radius 2 is 1.04 bits per heavy atom. The number of nitrogens with zero attached hydrogens (tertiary/aromatic N) is 3. The van der Waals surface area contributed by atoms with Crippen molar-refractivity contribution in [1.82, 2.24) is 15.0 Å². The Balaban J connectivity index is 1.16. The molecule has 11 rings (SSSR count). The Bertz CT molecular complexity index is 3500. The highest BCUT2D eigenvalue weighted by atomic mass is 32.1. The molecule has 0 bridgehead atoms. The minimum absolute atomic E-state index is 0.0266. The summed E-state index contributed by atoms with van der Waals surface area (Å²) in [5.41, 5.74) is 7.01. The van der Waals surface area contributed by atoms with Gasteiger partial charge in [0.1, 0.15) is 11.2 Å². The van der Waals surface area contributed by atoms with E-state index in [9.17, 15) is 0 Å². The highest BCUT2D eigenvalue weighted by Crippen LogP contribution is 2.45. The number of benzene rings is 8. The monoisotopic (exact) mass is 712 g/mol. The first-order valence-corrected chi connectivity index (χ1v) is 18.4. The second kappa shape index (κ2) is 12.3. The Kier molecular flexibility index (Phi) is 5.92. The maximum atomic E-state index is 8.88. The third-order valence-electron chi connectivity index (χ3n) is 10.0. The maximum absolute atomic E-state index is 8.88. The lowest BCUT2D eigenvalue weighted by Crippen LogP contribution is -2.01. The summed E-state index contributed by atoms with van der Waals surface area (Å²) in [6, 6.07) is 47.1. The molecule has 0 atom stereocenters. The van der Waals surface area contributed by atoms with E-state index in [0.29, 0.717) is 22.5 Å². The number of furan rings is 1. The van der Waals surface area contributed by atoms with Gasteiger partial charge in [0.2, 0.25) is 0 Å². The molecule has 3 aromatic heterocycles. The number of hydrogen-bond acceptors (Lipinski definition) is 5. The van der Waals surface area contributed by atoms with Gasteiger partial charge in [0, 0.05) is 47.6 Å². The molecule has 252 valence electrons. The molecule has 0 N–H and O–H groups in total. The predicted molar refractivity (Wildman–Crippen MR) is 225 cm³/mol. The van der Waals surface area contributed by atoms with Crippen LogP contribution in [0.2, 0.25) is 0 Å². The number of para-hydroxylation sites is 1. The minimum atomic E-state index is -0.487. The normalized spacial score (nSPS) is 13.0. The second-order valence-electron chi connectivity index (χ2n) is 13.2. The number of aromatic nitrogens is 3. The predicted octanol–water partition coefficient (Wildman–Crippen LogP) is 13.6. The largest absolute Gasteiger partial charge is 0.456 e. The average molecular weight is 713 g/mol. The topological polar surface area (TPSA) is 51.8 Å². The van der Waals surface area contributed by atoms with Crippen molar-refractivity contribution in [2.45, 2.75) is 0 Å². The molecule has 11 aromatic rings. The second-order valence-corrected chi connectivity index (χ2v) is 14.2. The molecule has 0 unspecified atom stereocenters. The third kappa shape index (κ3) is 5.01. The van der Waals surface area contributed by atoms with Crippen LogP contribution in [0.5, 0.6) is 0 Å².